The minimum Gasteiger partial charge on any atom is -0.464 e. The van der Waals surface area contributed by atoms with Crippen molar-refractivity contribution in [2.75, 3.05) is 38.8 Å². The molecule has 56 heavy (non-hydrogen) atoms. The summed E-state index contributed by atoms with van der Waals surface area (Å²) in [4.78, 5) is 52.7. The van der Waals surface area contributed by atoms with E-state index in [1.165, 1.54) is 21.2 Å². The molecule has 6 bridgehead atoms. The quantitative estimate of drug-likeness (QED) is 0.245. The van der Waals surface area contributed by atoms with Gasteiger partial charge in [-0.15, -0.1) is 11.3 Å². The Hall–Kier alpha value is -4.38. The van der Waals surface area contributed by atoms with E-state index in [2.05, 4.69) is 60.3 Å². The molecule has 7 rings (SSSR count). The standard InChI is InChI=1S/C40H51N7O7S2/c1-7-45-33-13-12-25-18-28(33)29(36(45)27-10-8-15-41-35(27)24(2)53-5)20-40(3,4)23-54-38(49)30-11-9-16-47(44-30)37(48)31(19-34-42-32(25)21-55-34)43-39(50)46-17-14-26(46)22-56(6,51)52/h8,10,12-13,15,18,21,24,26,30-31,44H,7,9,11,14,16-17,19-20,22-23H2,1-6H3,(H,43,50)/t24-,26-,30-,31-/m0/s1. The van der Waals surface area contributed by atoms with E-state index in [1.54, 1.807) is 13.3 Å². The summed E-state index contributed by atoms with van der Waals surface area (Å²) in [6, 6.07) is 7.62. The number of nitrogens with zero attached hydrogens (tertiary/aromatic N) is 5. The van der Waals surface area contributed by atoms with Gasteiger partial charge in [-0.1, -0.05) is 19.9 Å². The number of carbonyl (C=O) groups is 3. The smallest absolute Gasteiger partial charge is 0.324 e. The first-order chi connectivity index (χ1) is 26.7. The molecule has 300 valence electrons. The highest BCUT2D eigenvalue weighted by Crippen LogP contribution is 2.42. The summed E-state index contributed by atoms with van der Waals surface area (Å²) in [7, 11) is -1.63. The number of aromatic nitrogens is 3. The number of nitrogens with one attached hydrogen (secondary N) is 2. The molecule has 6 heterocycles. The van der Waals surface area contributed by atoms with Crippen LogP contribution >= 0.6 is 11.3 Å². The van der Waals surface area contributed by atoms with Crippen molar-refractivity contribution in [3.63, 3.8) is 0 Å². The van der Waals surface area contributed by atoms with Crippen LogP contribution in [0.2, 0.25) is 0 Å². The first kappa shape index (κ1) is 39.8. The highest BCUT2D eigenvalue weighted by atomic mass is 32.2. The van der Waals surface area contributed by atoms with Crippen LogP contribution in [0.15, 0.2) is 41.9 Å². The van der Waals surface area contributed by atoms with Gasteiger partial charge in [0.15, 0.2) is 0 Å². The molecule has 0 spiro atoms. The van der Waals surface area contributed by atoms with E-state index in [1.807, 2.05) is 18.4 Å². The molecule has 16 heteroatoms. The summed E-state index contributed by atoms with van der Waals surface area (Å²) in [5, 5.41) is 7.96. The first-order valence-electron chi connectivity index (χ1n) is 19.2. The molecule has 0 radical (unpaired) electrons. The normalized spacial score (nSPS) is 22.3. The van der Waals surface area contributed by atoms with Gasteiger partial charge in [0, 0.05) is 84.5 Å². The number of esters is 1. The number of urea groups is 1. The number of hydrazine groups is 1. The van der Waals surface area contributed by atoms with Crippen LogP contribution in [0.3, 0.4) is 0 Å². The van der Waals surface area contributed by atoms with E-state index in [0.29, 0.717) is 50.3 Å². The number of likely N-dealkylation sites (tertiary alicyclic amines) is 1. The van der Waals surface area contributed by atoms with Gasteiger partial charge in [0.1, 0.15) is 21.9 Å². The molecule has 2 saturated heterocycles. The molecule has 14 nitrogen and oxygen atoms in total. The van der Waals surface area contributed by atoms with Gasteiger partial charge < -0.3 is 24.3 Å². The maximum Gasteiger partial charge on any atom is 0.324 e. The van der Waals surface area contributed by atoms with E-state index in [9.17, 15) is 22.8 Å². The first-order valence-corrected chi connectivity index (χ1v) is 22.2. The number of ether oxygens (including phenoxy) is 2. The van der Waals surface area contributed by atoms with Crippen molar-refractivity contribution < 1.29 is 32.3 Å². The Kier molecular flexibility index (Phi) is 11.3. The Morgan fingerprint density at radius 3 is 2.71 bits per heavy atom. The number of amides is 3. The highest BCUT2D eigenvalue weighted by Gasteiger charge is 2.39. The SMILES string of the molecule is CCn1c(-c2cccnc2[C@H](C)OC)c2c3cc(ccc31)-c1csc(n1)C[C@H](NC(=O)N1CC[C@H]1CS(C)(=O)=O)C(=O)N1CCC[C@H](N1)C(=O)OCC(C)(C)C2. The fourth-order valence-corrected chi connectivity index (χ4v) is 9.92. The third kappa shape index (κ3) is 8.20. The number of methoxy groups -OCH3 is 1. The molecule has 2 fully saturated rings. The number of pyridine rings is 1. The van der Waals surface area contributed by atoms with Gasteiger partial charge in [0.05, 0.1) is 40.6 Å². The average molecular weight is 806 g/mol. The molecule has 4 atom stereocenters. The zero-order valence-electron chi connectivity index (χ0n) is 32.8. The van der Waals surface area contributed by atoms with E-state index in [-0.39, 0.29) is 24.9 Å². The van der Waals surface area contributed by atoms with Crippen molar-refractivity contribution in [3.8, 4) is 22.5 Å². The van der Waals surface area contributed by atoms with Crippen LogP contribution in [0.4, 0.5) is 4.79 Å². The lowest BCUT2D eigenvalue weighted by atomic mass is 9.84. The van der Waals surface area contributed by atoms with Crippen LogP contribution < -0.4 is 10.7 Å². The predicted molar refractivity (Wildman–Crippen MR) is 215 cm³/mol. The molecule has 2 N–H and O–H groups in total. The van der Waals surface area contributed by atoms with Gasteiger partial charge in [0.2, 0.25) is 0 Å². The predicted octanol–water partition coefficient (Wildman–Crippen LogP) is 4.91. The fraction of sp³-hybridized carbons (Fsp3) is 0.525. The zero-order valence-corrected chi connectivity index (χ0v) is 34.5. The van der Waals surface area contributed by atoms with E-state index < -0.39 is 51.3 Å². The maximum absolute atomic E-state index is 14.2. The fourth-order valence-electron chi connectivity index (χ4n) is 8.03. The van der Waals surface area contributed by atoms with Gasteiger partial charge in [-0.3, -0.25) is 19.6 Å². The van der Waals surface area contributed by atoms with E-state index >= 15 is 0 Å². The Balaban J connectivity index is 1.31. The van der Waals surface area contributed by atoms with Crippen LogP contribution in [0, 0.1) is 5.41 Å². The lowest BCUT2D eigenvalue weighted by Gasteiger charge is -2.41. The van der Waals surface area contributed by atoms with Crippen LogP contribution in [-0.4, -0.2) is 108 Å². The van der Waals surface area contributed by atoms with Gasteiger partial charge in [-0.05, 0) is 69.4 Å². The summed E-state index contributed by atoms with van der Waals surface area (Å²) in [5.74, 6) is -1.01. The van der Waals surface area contributed by atoms with Crippen molar-refractivity contribution in [1.82, 2.24) is 35.2 Å². The summed E-state index contributed by atoms with van der Waals surface area (Å²) < 4.78 is 38.2. The molecule has 3 aromatic heterocycles. The second-order valence-electron chi connectivity index (χ2n) is 15.9. The molecule has 3 aliphatic rings. The summed E-state index contributed by atoms with van der Waals surface area (Å²) in [6.07, 6.45) is 4.98. The molecule has 0 unspecified atom stereocenters. The molecule has 0 aliphatic carbocycles. The third-order valence-corrected chi connectivity index (χ3v) is 12.9. The highest BCUT2D eigenvalue weighted by molar-refractivity contribution is 7.90. The molecule has 1 aromatic carbocycles. The number of fused-ring (bicyclic) bond motifs is 6. The molecule has 0 saturated carbocycles. The lowest BCUT2D eigenvalue weighted by Crippen LogP contribution is -2.63. The molecule has 3 amide bonds. The van der Waals surface area contributed by atoms with Crippen LogP contribution in [0.1, 0.15) is 69.3 Å². The second-order valence-corrected chi connectivity index (χ2v) is 19.1. The van der Waals surface area contributed by atoms with Crippen LogP contribution in [0.5, 0.6) is 0 Å². The minimum absolute atomic E-state index is 0.104. The number of rotatable bonds is 7. The number of carbonyl (C=O) groups excluding carboxylic acids is 3. The van der Waals surface area contributed by atoms with E-state index in [4.69, 9.17) is 19.4 Å². The molecule has 4 aromatic rings. The Morgan fingerprint density at radius 2 is 2.00 bits per heavy atom. The average Bonchev–Trinajstić information content (AvgIpc) is 3.75. The van der Waals surface area contributed by atoms with Gasteiger partial charge in [-0.25, -0.2) is 23.6 Å². The molecular formula is C40H51N7O7S2. The number of hydrogen-bond donors (Lipinski definition) is 2. The largest absolute Gasteiger partial charge is 0.464 e. The summed E-state index contributed by atoms with van der Waals surface area (Å²) in [6.45, 7) is 9.87. The molecular weight excluding hydrogens is 755 g/mol. The lowest BCUT2D eigenvalue weighted by molar-refractivity contribution is -0.155. The van der Waals surface area contributed by atoms with Gasteiger partial charge in [-0.2, -0.15) is 0 Å². The number of thiazole rings is 1. The third-order valence-electron chi connectivity index (χ3n) is 11.0. The second kappa shape index (κ2) is 15.9. The summed E-state index contributed by atoms with van der Waals surface area (Å²) >= 11 is 1.40. The Labute approximate surface area is 331 Å². The maximum atomic E-state index is 14.2. The van der Waals surface area contributed by atoms with Crippen molar-refractivity contribution in [1.29, 1.82) is 0 Å². The van der Waals surface area contributed by atoms with Gasteiger partial charge in [0.25, 0.3) is 5.91 Å². The number of sulfone groups is 1. The van der Waals surface area contributed by atoms with Crippen LogP contribution in [-0.2, 0) is 48.3 Å². The van der Waals surface area contributed by atoms with Gasteiger partial charge >= 0.3 is 12.0 Å². The number of cyclic esters (lactones) is 1. The number of hydrogen-bond acceptors (Lipinski definition) is 11. The van der Waals surface area contributed by atoms with Crippen molar-refractivity contribution in [3.05, 3.63) is 58.2 Å². The van der Waals surface area contributed by atoms with Crippen molar-refractivity contribution >= 4 is 50.0 Å². The molecule has 3 aliphatic heterocycles. The number of aryl methyl sites for hydroxylation is 1. The van der Waals surface area contributed by atoms with E-state index in [0.717, 1.165) is 50.9 Å². The topological polar surface area (TPSA) is 165 Å². The minimum atomic E-state index is -3.32. The Bertz CT molecular complexity index is 2250. The van der Waals surface area contributed by atoms with Crippen molar-refractivity contribution in [2.45, 2.75) is 90.6 Å². The number of benzene rings is 1. The summed E-state index contributed by atoms with van der Waals surface area (Å²) in [5.41, 5.74) is 9.27. The monoisotopic (exact) mass is 805 g/mol. The Morgan fingerprint density at radius 1 is 1.20 bits per heavy atom. The van der Waals surface area contributed by atoms with Crippen molar-refractivity contribution in [2.24, 2.45) is 5.41 Å². The van der Waals surface area contributed by atoms with Crippen LogP contribution in [0.25, 0.3) is 33.4 Å². The zero-order chi connectivity index (χ0) is 39.9.